The number of hydrogen-bond acceptors (Lipinski definition) is 4. The molecule has 0 saturated carbocycles. The minimum absolute atomic E-state index is 0.144. The van der Waals surface area contributed by atoms with Crippen molar-refractivity contribution < 1.29 is 28.3 Å². The first-order valence-corrected chi connectivity index (χ1v) is 13.5. The van der Waals surface area contributed by atoms with Gasteiger partial charge < -0.3 is 18.7 Å². The van der Waals surface area contributed by atoms with Gasteiger partial charge in [0, 0.05) is 12.8 Å². The van der Waals surface area contributed by atoms with Gasteiger partial charge in [-0.25, -0.2) is 0 Å². The number of aliphatic carboxylic acids is 1. The number of hydrogen-bond donors (Lipinski definition) is 1. The molecule has 0 aromatic carbocycles. The molecule has 0 bridgehead atoms. The summed E-state index contributed by atoms with van der Waals surface area (Å²) in [5, 5.41) is 9.06. The largest absolute Gasteiger partial charge is 0.481 e. The van der Waals surface area contributed by atoms with Crippen LogP contribution in [0.3, 0.4) is 0 Å². The van der Waals surface area contributed by atoms with E-state index in [1.54, 1.807) is 0 Å². The van der Waals surface area contributed by atoms with Gasteiger partial charge in [0.15, 0.2) is 6.10 Å². The van der Waals surface area contributed by atoms with Gasteiger partial charge in [0.1, 0.15) is 18.1 Å². The summed E-state index contributed by atoms with van der Waals surface area (Å²) in [7, 11) is 5.88. The van der Waals surface area contributed by atoms with Crippen LogP contribution in [-0.4, -0.2) is 55.3 Å². The van der Waals surface area contributed by atoms with E-state index in [2.05, 4.69) is 32.9 Å². The summed E-state index contributed by atoms with van der Waals surface area (Å²) in [6.07, 6.45) is 16.1. The number of aryl methyl sites for hydroxylation is 1. The van der Waals surface area contributed by atoms with Crippen LogP contribution in [0.25, 0.3) is 6.08 Å². The molecule has 1 aromatic heterocycles. The number of nitrogens with zero attached hydrogens (tertiary/aromatic N) is 1. The van der Waals surface area contributed by atoms with E-state index in [1.165, 1.54) is 36.8 Å². The van der Waals surface area contributed by atoms with Gasteiger partial charge in [-0.2, -0.15) is 0 Å². The van der Waals surface area contributed by atoms with E-state index in [-0.39, 0.29) is 12.4 Å². The van der Waals surface area contributed by atoms with Crippen molar-refractivity contribution in [3.05, 3.63) is 28.7 Å². The van der Waals surface area contributed by atoms with Crippen LogP contribution in [0.4, 0.5) is 0 Å². The van der Waals surface area contributed by atoms with Crippen molar-refractivity contribution >= 4 is 18.0 Å². The van der Waals surface area contributed by atoms with Crippen molar-refractivity contribution in [3.8, 4) is 0 Å². The molecule has 1 atom stereocenters. The van der Waals surface area contributed by atoms with Gasteiger partial charge >= 0.3 is 11.9 Å². The zero-order valence-electron chi connectivity index (χ0n) is 23.2. The molecule has 0 saturated heterocycles. The van der Waals surface area contributed by atoms with Crippen LogP contribution >= 0.6 is 0 Å². The zero-order valence-corrected chi connectivity index (χ0v) is 23.2. The molecule has 1 rings (SSSR count). The smallest absolute Gasteiger partial charge is 0.307 e. The highest BCUT2D eigenvalue weighted by molar-refractivity contribution is 5.71. The minimum atomic E-state index is -0.937. The molecule has 6 heteroatoms. The van der Waals surface area contributed by atoms with Crippen molar-refractivity contribution in [3.63, 3.8) is 0 Å². The predicted molar refractivity (Wildman–Crippen MR) is 142 cm³/mol. The first-order valence-electron chi connectivity index (χ1n) is 13.5. The van der Waals surface area contributed by atoms with Gasteiger partial charge in [-0.05, 0) is 56.7 Å². The Labute approximate surface area is 213 Å². The second-order valence-corrected chi connectivity index (χ2v) is 10.8. The highest BCUT2D eigenvalue weighted by Gasteiger charge is 2.24. The average Bonchev–Trinajstić information content (AvgIpc) is 3.01. The highest BCUT2D eigenvalue weighted by Crippen LogP contribution is 2.24. The number of carboxylic acids is 1. The van der Waals surface area contributed by atoms with Gasteiger partial charge in [-0.15, -0.1) is 0 Å². The summed E-state index contributed by atoms with van der Waals surface area (Å²) in [6.45, 7) is 7.02. The first-order chi connectivity index (χ1) is 16.5. The number of ether oxygens (including phenoxy) is 1. The lowest BCUT2D eigenvalue weighted by Crippen LogP contribution is -2.43. The summed E-state index contributed by atoms with van der Waals surface area (Å²) in [4.78, 5) is 23.2. The van der Waals surface area contributed by atoms with Gasteiger partial charge in [0.05, 0.1) is 27.6 Å². The van der Waals surface area contributed by atoms with Crippen LogP contribution in [0.5, 0.6) is 0 Å². The second kappa shape index (κ2) is 16.6. The molecule has 0 aliphatic carbocycles. The Morgan fingerprint density at radius 2 is 1.63 bits per heavy atom. The molecule has 1 N–H and O–H groups in total. The number of carbonyl (C=O) groups excluding carboxylic acids is 1. The third-order valence-electron chi connectivity index (χ3n) is 6.31. The molecule has 200 valence electrons. The topological polar surface area (TPSA) is 76.7 Å². The molecule has 6 nitrogen and oxygen atoms in total. The second-order valence-electron chi connectivity index (χ2n) is 10.8. The van der Waals surface area contributed by atoms with E-state index in [4.69, 9.17) is 14.3 Å². The maximum Gasteiger partial charge on any atom is 0.307 e. The lowest BCUT2D eigenvalue weighted by molar-refractivity contribution is -0.873. The Kier molecular flexibility index (Phi) is 14.6. The van der Waals surface area contributed by atoms with Crippen molar-refractivity contribution in [1.29, 1.82) is 0 Å². The Bertz CT molecular complexity index is 788. The number of unbranched alkanes of at least 4 members (excludes halogenated alkanes) is 8. The molecular weight excluding hydrogens is 442 g/mol. The predicted octanol–water partition coefficient (Wildman–Crippen LogP) is 6.86. The van der Waals surface area contributed by atoms with E-state index >= 15 is 0 Å². The molecule has 1 unspecified atom stereocenters. The van der Waals surface area contributed by atoms with E-state index in [0.717, 1.165) is 56.5 Å². The van der Waals surface area contributed by atoms with Gasteiger partial charge in [0.25, 0.3) is 0 Å². The normalized spacial score (nSPS) is 12.9. The van der Waals surface area contributed by atoms with Crippen LogP contribution in [0.15, 0.2) is 10.5 Å². The third-order valence-corrected chi connectivity index (χ3v) is 6.31. The average molecular weight is 493 g/mol. The molecule has 0 fully saturated rings. The van der Waals surface area contributed by atoms with Crippen LogP contribution < -0.4 is 0 Å². The molecule has 1 heterocycles. The molecule has 0 spiro atoms. The van der Waals surface area contributed by atoms with Crippen LogP contribution in [0, 0.1) is 13.8 Å². The standard InChI is InChI=1S/C29H49NO5/c1-7-8-15-18-26-23(2)24(3)27(35-26)19-16-13-11-9-10-12-14-17-20-29(33)34-25(21-28(31)32)22-30(4,5)6/h16,19,25H,7-15,17-18,20-22H2,1-6H3/p+1/b19-16+. The summed E-state index contributed by atoms with van der Waals surface area (Å²) in [6, 6.07) is 0. The summed E-state index contributed by atoms with van der Waals surface area (Å²) in [5.74, 6) is 0.928. The number of furan rings is 1. The fraction of sp³-hybridized carbons (Fsp3) is 0.724. The summed E-state index contributed by atoms with van der Waals surface area (Å²) >= 11 is 0. The van der Waals surface area contributed by atoms with Crippen molar-refractivity contribution in [1.82, 2.24) is 0 Å². The zero-order chi connectivity index (χ0) is 26.3. The van der Waals surface area contributed by atoms with Gasteiger partial charge in [0.2, 0.25) is 0 Å². The molecule has 0 amide bonds. The fourth-order valence-electron chi connectivity index (χ4n) is 4.24. The molecule has 0 radical (unpaired) electrons. The SMILES string of the molecule is CCCCCc1oc(/C=C/CCCCCCCCC(=O)OC(CC(=O)O)C[N+](C)(C)C)c(C)c1C. The third kappa shape index (κ3) is 14.2. The van der Waals surface area contributed by atoms with E-state index in [0.29, 0.717) is 17.4 Å². The van der Waals surface area contributed by atoms with E-state index < -0.39 is 12.1 Å². The number of carbonyl (C=O) groups is 2. The minimum Gasteiger partial charge on any atom is -0.481 e. The number of likely N-dealkylation sites (N-methyl/N-ethyl adjacent to an activating group) is 1. The fourth-order valence-corrected chi connectivity index (χ4v) is 4.24. The monoisotopic (exact) mass is 492 g/mol. The van der Waals surface area contributed by atoms with Crippen molar-refractivity contribution in [2.24, 2.45) is 0 Å². The number of allylic oxidation sites excluding steroid dienone is 1. The van der Waals surface area contributed by atoms with Crippen LogP contribution in [0.2, 0.25) is 0 Å². The van der Waals surface area contributed by atoms with Crippen molar-refractivity contribution in [2.45, 2.75) is 110 Å². The van der Waals surface area contributed by atoms with Crippen molar-refractivity contribution in [2.75, 3.05) is 27.7 Å². The summed E-state index contributed by atoms with van der Waals surface area (Å²) in [5.41, 5.74) is 2.56. The number of rotatable bonds is 19. The Morgan fingerprint density at radius 1 is 0.971 bits per heavy atom. The van der Waals surface area contributed by atoms with Gasteiger partial charge in [-0.3, -0.25) is 9.59 Å². The molecule has 1 aromatic rings. The maximum absolute atomic E-state index is 12.1. The molecular formula is C29H50NO5+. The first kappa shape index (κ1) is 31.0. The lowest BCUT2D eigenvalue weighted by atomic mass is 10.1. The molecule has 0 aliphatic heterocycles. The molecule has 35 heavy (non-hydrogen) atoms. The number of esters is 1. The Hall–Kier alpha value is -2.08. The van der Waals surface area contributed by atoms with Crippen LogP contribution in [-0.2, 0) is 20.7 Å². The van der Waals surface area contributed by atoms with Crippen LogP contribution in [0.1, 0.15) is 107 Å². The quantitative estimate of drug-likeness (QED) is 0.130. The number of quaternary nitrogens is 1. The maximum atomic E-state index is 12.1. The highest BCUT2D eigenvalue weighted by atomic mass is 16.5. The van der Waals surface area contributed by atoms with E-state index in [1.807, 2.05) is 21.1 Å². The van der Waals surface area contributed by atoms with E-state index in [9.17, 15) is 9.59 Å². The lowest BCUT2D eigenvalue weighted by Gasteiger charge is -2.28. The summed E-state index contributed by atoms with van der Waals surface area (Å²) < 4.78 is 12.1. The molecule has 0 aliphatic rings. The van der Waals surface area contributed by atoms with Gasteiger partial charge in [-0.1, -0.05) is 51.5 Å². The number of carboxylic acid groups (broad SMARTS) is 1. The Morgan fingerprint density at radius 3 is 2.26 bits per heavy atom. The Balaban J connectivity index is 2.18.